The van der Waals surface area contributed by atoms with E-state index in [1.54, 1.807) is 6.08 Å². The van der Waals surface area contributed by atoms with Gasteiger partial charge in [0.15, 0.2) is 5.01 Å². The lowest BCUT2D eigenvalue weighted by Crippen LogP contribution is -2.21. The summed E-state index contributed by atoms with van der Waals surface area (Å²) in [4.78, 5) is 10.3. The van der Waals surface area contributed by atoms with Crippen LogP contribution in [-0.4, -0.2) is 16.2 Å². The van der Waals surface area contributed by atoms with Crippen molar-refractivity contribution in [3.63, 3.8) is 0 Å². The van der Waals surface area contributed by atoms with Crippen molar-refractivity contribution in [2.75, 3.05) is 0 Å². The summed E-state index contributed by atoms with van der Waals surface area (Å²) in [5.74, 6) is -1.27. The van der Waals surface area contributed by atoms with Gasteiger partial charge in [-0.05, 0) is 6.42 Å². The van der Waals surface area contributed by atoms with Crippen molar-refractivity contribution in [2.24, 2.45) is 0 Å². The van der Waals surface area contributed by atoms with E-state index >= 15 is 0 Å². The topological polar surface area (TPSA) is 65.9 Å². The molecule has 0 radical (unpaired) electrons. The highest BCUT2D eigenvalue weighted by Gasteiger charge is 2.02. The zero-order valence-corrected chi connectivity index (χ0v) is 7.13. The highest BCUT2D eigenvalue weighted by Crippen LogP contribution is 2.10. The highest BCUT2D eigenvalue weighted by molar-refractivity contribution is 7.13. The van der Waals surface area contributed by atoms with E-state index in [0.29, 0.717) is 11.4 Å². The summed E-state index contributed by atoms with van der Waals surface area (Å²) < 4.78 is 0. The Morgan fingerprint density at radius 1 is 1.67 bits per heavy atom. The van der Waals surface area contributed by atoms with Gasteiger partial charge in [0.05, 0.1) is 0 Å². The fourth-order valence-corrected chi connectivity index (χ4v) is 1.35. The number of rotatable bonds is 4. The van der Waals surface area contributed by atoms with E-state index in [1.807, 2.05) is 0 Å². The number of hydrogen-bond donors (Lipinski definition) is 0. The van der Waals surface area contributed by atoms with Gasteiger partial charge in [-0.25, -0.2) is 0 Å². The van der Waals surface area contributed by atoms with Crippen LogP contribution in [0.25, 0.3) is 0 Å². The minimum absolute atomic E-state index is 0.0611. The number of allylic oxidation sites excluding steroid dienone is 1. The molecule has 64 valence electrons. The number of carbonyl (C=O) groups excluding carboxylic acids is 1. The maximum atomic E-state index is 10.3. The molecule has 0 saturated heterocycles. The lowest BCUT2D eigenvalue weighted by Gasteiger charge is -1.90. The maximum Gasteiger partial charge on any atom is 0.163 e. The Bertz CT molecular complexity index is 295. The van der Waals surface area contributed by atoms with Gasteiger partial charge in [0.1, 0.15) is 11.0 Å². The van der Waals surface area contributed by atoms with Gasteiger partial charge >= 0.3 is 0 Å². The Hall–Kier alpha value is -1.23. The monoisotopic (exact) mass is 183 g/mol. The summed E-state index contributed by atoms with van der Waals surface area (Å²) in [6.07, 6.45) is 3.22. The molecule has 0 bridgehead atoms. The van der Waals surface area contributed by atoms with Crippen LogP contribution >= 0.6 is 11.3 Å². The van der Waals surface area contributed by atoms with E-state index < -0.39 is 5.97 Å². The first kappa shape index (κ1) is 8.86. The van der Waals surface area contributed by atoms with E-state index in [1.165, 1.54) is 0 Å². The van der Waals surface area contributed by atoms with Gasteiger partial charge < -0.3 is 9.90 Å². The zero-order chi connectivity index (χ0) is 8.97. The third-order valence-corrected chi connectivity index (χ3v) is 2.17. The molecule has 0 spiro atoms. The fourth-order valence-electron chi connectivity index (χ4n) is 0.663. The molecular formula is C7H7N2O2S-. The van der Waals surface area contributed by atoms with Crippen LogP contribution in [0.4, 0.5) is 0 Å². The molecule has 1 heterocycles. The third kappa shape index (κ3) is 2.13. The Balaban J connectivity index is 2.64. The second-order valence-corrected chi connectivity index (χ2v) is 3.18. The van der Waals surface area contributed by atoms with Crippen molar-refractivity contribution in [1.82, 2.24) is 10.2 Å². The molecule has 0 saturated carbocycles. The predicted octanol–water partition coefficient (Wildman–Crippen LogP) is 0.0202. The molecule has 0 amide bonds. The van der Waals surface area contributed by atoms with E-state index in [2.05, 4.69) is 16.8 Å². The summed E-state index contributed by atoms with van der Waals surface area (Å²) in [5.41, 5.74) is 0. The molecule has 0 aliphatic rings. The van der Waals surface area contributed by atoms with Crippen molar-refractivity contribution in [3.8, 4) is 0 Å². The molecule has 5 heteroatoms. The quantitative estimate of drug-likeness (QED) is 0.617. The van der Waals surface area contributed by atoms with Crippen LogP contribution in [0.2, 0.25) is 0 Å². The molecule has 0 fully saturated rings. The van der Waals surface area contributed by atoms with Crippen LogP contribution in [-0.2, 0) is 6.42 Å². The normalized spacial score (nSPS) is 9.67. The van der Waals surface area contributed by atoms with Gasteiger partial charge in [-0.15, -0.1) is 16.8 Å². The molecule has 4 nitrogen and oxygen atoms in total. The molecule has 1 aromatic rings. The minimum Gasteiger partial charge on any atom is -0.542 e. The molecule has 0 aliphatic heterocycles. The second-order valence-electron chi connectivity index (χ2n) is 2.12. The van der Waals surface area contributed by atoms with Crippen LogP contribution < -0.4 is 5.11 Å². The van der Waals surface area contributed by atoms with Gasteiger partial charge in [0.25, 0.3) is 0 Å². The summed E-state index contributed by atoms with van der Waals surface area (Å²) in [6, 6.07) is 0. The van der Waals surface area contributed by atoms with Crippen molar-refractivity contribution in [3.05, 3.63) is 22.7 Å². The molecule has 1 aromatic heterocycles. The van der Waals surface area contributed by atoms with E-state index in [4.69, 9.17) is 0 Å². The molecule has 0 aromatic carbocycles. The summed E-state index contributed by atoms with van der Waals surface area (Å²) in [7, 11) is 0. The van der Waals surface area contributed by atoms with Gasteiger partial charge in [-0.3, -0.25) is 0 Å². The number of hydrogen-bond acceptors (Lipinski definition) is 5. The molecule has 0 atom stereocenters. The van der Waals surface area contributed by atoms with Crippen molar-refractivity contribution in [2.45, 2.75) is 12.8 Å². The number of nitrogens with zero attached hydrogens (tertiary/aromatic N) is 2. The smallest absolute Gasteiger partial charge is 0.163 e. The lowest BCUT2D eigenvalue weighted by atomic mass is 10.3. The van der Waals surface area contributed by atoms with Crippen molar-refractivity contribution >= 4 is 17.3 Å². The summed E-state index contributed by atoms with van der Waals surface area (Å²) >= 11 is 1.05. The zero-order valence-electron chi connectivity index (χ0n) is 6.32. The van der Waals surface area contributed by atoms with Crippen LogP contribution in [0.5, 0.6) is 0 Å². The van der Waals surface area contributed by atoms with E-state index in [9.17, 15) is 9.90 Å². The molecule has 0 N–H and O–H groups in total. The first-order valence-electron chi connectivity index (χ1n) is 3.38. The Morgan fingerprint density at radius 3 is 2.92 bits per heavy atom. The number of carboxylic acid groups (broad SMARTS) is 1. The summed E-state index contributed by atoms with van der Waals surface area (Å²) in [5, 5.41) is 18.0. The average molecular weight is 183 g/mol. The number of carbonyl (C=O) groups is 1. The van der Waals surface area contributed by atoms with Crippen LogP contribution in [0.1, 0.15) is 21.2 Å². The minimum atomic E-state index is -1.27. The largest absolute Gasteiger partial charge is 0.542 e. The van der Waals surface area contributed by atoms with Crippen LogP contribution in [0.3, 0.4) is 0 Å². The molecular weight excluding hydrogens is 176 g/mol. The fraction of sp³-hybridized carbons (Fsp3) is 0.286. The van der Waals surface area contributed by atoms with Crippen LogP contribution in [0.15, 0.2) is 12.7 Å². The number of aromatic nitrogens is 2. The van der Waals surface area contributed by atoms with Gasteiger partial charge in [-0.2, -0.15) is 0 Å². The Morgan fingerprint density at radius 2 is 2.42 bits per heavy atom. The first-order valence-corrected chi connectivity index (χ1v) is 4.20. The predicted molar refractivity (Wildman–Crippen MR) is 42.8 cm³/mol. The number of aryl methyl sites for hydroxylation is 1. The number of carboxylic acids is 1. The molecule has 0 aliphatic carbocycles. The summed E-state index contributed by atoms with van der Waals surface area (Å²) in [6.45, 7) is 3.55. The average Bonchev–Trinajstić information content (AvgIpc) is 2.48. The molecule has 12 heavy (non-hydrogen) atoms. The first-order chi connectivity index (χ1) is 5.74. The second kappa shape index (κ2) is 3.96. The third-order valence-electron chi connectivity index (χ3n) is 1.20. The van der Waals surface area contributed by atoms with Crippen molar-refractivity contribution < 1.29 is 9.90 Å². The van der Waals surface area contributed by atoms with Gasteiger partial charge in [0, 0.05) is 6.42 Å². The lowest BCUT2D eigenvalue weighted by molar-refractivity contribution is -0.255. The molecule has 1 rings (SSSR count). The van der Waals surface area contributed by atoms with Crippen LogP contribution in [0, 0.1) is 0 Å². The SMILES string of the molecule is C=CCCc1nnc(C(=O)[O-])s1. The van der Waals surface area contributed by atoms with Crippen molar-refractivity contribution in [1.29, 1.82) is 0 Å². The van der Waals surface area contributed by atoms with E-state index in [-0.39, 0.29) is 5.01 Å². The molecule has 0 unspecified atom stereocenters. The standard InChI is InChI=1S/C7H8N2O2S/c1-2-3-4-5-8-9-6(12-5)7(10)11/h2H,1,3-4H2,(H,10,11)/p-1. The van der Waals surface area contributed by atoms with Gasteiger partial charge in [-0.1, -0.05) is 17.4 Å². The number of aromatic carboxylic acids is 1. The maximum absolute atomic E-state index is 10.3. The van der Waals surface area contributed by atoms with E-state index in [0.717, 1.165) is 17.8 Å². The Labute approximate surface area is 73.6 Å². The Kier molecular flexibility index (Phi) is 2.93. The van der Waals surface area contributed by atoms with Gasteiger partial charge in [0.2, 0.25) is 0 Å². The highest BCUT2D eigenvalue weighted by atomic mass is 32.1.